The van der Waals surface area contributed by atoms with Crippen molar-refractivity contribution in [2.24, 2.45) is 0 Å². The van der Waals surface area contributed by atoms with Crippen LogP contribution in [0.25, 0.3) is 11.3 Å². The van der Waals surface area contributed by atoms with Crippen molar-refractivity contribution in [1.82, 2.24) is 9.78 Å². The Morgan fingerprint density at radius 1 is 1.00 bits per heavy atom. The van der Waals surface area contributed by atoms with Crippen molar-refractivity contribution in [3.8, 4) is 11.3 Å². The van der Waals surface area contributed by atoms with Crippen LogP contribution in [0.1, 0.15) is 23.0 Å². The maximum absolute atomic E-state index is 4.75. The molecule has 0 saturated heterocycles. The number of aromatic nitrogens is 2. The predicted octanol–water partition coefficient (Wildman–Crippen LogP) is 5.05. The van der Waals surface area contributed by atoms with Crippen molar-refractivity contribution >= 4 is 15.9 Å². The Balaban J connectivity index is 2.02. The summed E-state index contributed by atoms with van der Waals surface area (Å²) < 4.78 is 2.08. The topological polar surface area (TPSA) is 17.8 Å². The molecule has 1 atom stereocenters. The summed E-state index contributed by atoms with van der Waals surface area (Å²) >= 11 is 3.61. The summed E-state index contributed by atoms with van der Waals surface area (Å²) in [6.45, 7) is 2.88. The van der Waals surface area contributed by atoms with Crippen molar-refractivity contribution in [1.29, 1.82) is 0 Å². The second-order valence-corrected chi connectivity index (χ2v) is 6.45. The molecule has 0 amide bonds. The third-order valence-electron chi connectivity index (χ3n) is 3.45. The van der Waals surface area contributed by atoms with E-state index in [1.165, 1.54) is 11.1 Å². The molecule has 2 aromatic carbocycles. The van der Waals surface area contributed by atoms with Gasteiger partial charge in [-0.15, -0.1) is 0 Å². The van der Waals surface area contributed by atoms with Gasteiger partial charge in [-0.2, -0.15) is 5.10 Å². The normalized spacial score (nSPS) is 12.3. The van der Waals surface area contributed by atoms with Gasteiger partial charge in [0.2, 0.25) is 0 Å². The minimum absolute atomic E-state index is 0.247. The van der Waals surface area contributed by atoms with Crippen LogP contribution in [0.15, 0.2) is 66.7 Å². The zero-order chi connectivity index (χ0) is 14.7. The highest BCUT2D eigenvalue weighted by Crippen LogP contribution is 2.27. The van der Waals surface area contributed by atoms with E-state index in [0.29, 0.717) is 0 Å². The second-order valence-electron chi connectivity index (χ2n) is 5.08. The monoisotopic (exact) mass is 340 g/mol. The third-order valence-corrected chi connectivity index (χ3v) is 3.92. The molecule has 21 heavy (non-hydrogen) atoms. The number of hydrogen-bond acceptors (Lipinski definition) is 1. The van der Waals surface area contributed by atoms with E-state index in [1.54, 1.807) is 0 Å². The maximum atomic E-state index is 4.75. The lowest BCUT2D eigenvalue weighted by atomic mass is 10.1. The van der Waals surface area contributed by atoms with E-state index >= 15 is 0 Å². The number of benzene rings is 2. The summed E-state index contributed by atoms with van der Waals surface area (Å²) in [6, 6.07) is 23.0. The molecular formula is C18H17BrN2. The van der Waals surface area contributed by atoms with Gasteiger partial charge in [-0.05, 0) is 24.1 Å². The first-order chi connectivity index (χ1) is 10.2. The molecule has 0 radical (unpaired) electrons. The molecule has 0 saturated carbocycles. The van der Waals surface area contributed by atoms with Crippen LogP contribution in [-0.2, 0) is 6.54 Å². The minimum atomic E-state index is 0.247. The first kappa shape index (κ1) is 14.1. The summed E-state index contributed by atoms with van der Waals surface area (Å²) in [5.41, 5.74) is 4.66. The Morgan fingerprint density at radius 3 is 2.24 bits per heavy atom. The Bertz CT molecular complexity index is 703. The van der Waals surface area contributed by atoms with Crippen LogP contribution in [0, 0.1) is 0 Å². The molecule has 106 valence electrons. The van der Waals surface area contributed by atoms with E-state index in [4.69, 9.17) is 5.10 Å². The molecule has 0 bridgehead atoms. The smallest absolute Gasteiger partial charge is 0.0764 e. The average Bonchev–Trinajstić information content (AvgIpc) is 2.93. The van der Waals surface area contributed by atoms with E-state index in [0.717, 1.165) is 17.9 Å². The van der Waals surface area contributed by atoms with Crippen LogP contribution in [0.5, 0.6) is 0 Å². The van der Waals surface area contributed by atoms with Crippen LogP contribution >= 0.6 is 15.9 Å². The van der Waals surface area contributed by atoms with Crippen molar-refractivity contribution in [2.75, 3.05) is 0 Å². The fraction of sp³-hybridized carbons (Fsp3) is 0.167. The van der Waals surface area contributed by atoms with Gasteiger partial charge in [-0.1, -0.05) is 76.6 Å². The summed E-state index contributed by atoms with van der Waals surface area (Å²) in [6.07, 6.45) is 0. The zero-order valence-electron chi connectivity index (χ0n) is 11.9. The van der Waals surface area contributed by atoms with E-state index in [9.17, 15) is 0 Å². The number of alkyl halides is 1. The molecule has 3 aromatic rings. The Kier molecular flexibility index (Phi) is 4.20. The van der Waals surface area contributed by atoms with Gasteiger partial charge in [-0.3, -0.25) is 4.68 Å². The standard InChI is InChI=1S/C18H17BrN2/c1-14(19)17-12-18(16-10-6-3-7-11-16)21(20-17)13-15-8-4-2-5-9-15/h2-12,14H,13H2,1H3. The molecular weight excluding hydrogens is 324 g/mol. The summed E-state index contributed by atoms with van der Waals surface area (Å²) in [4.78, 5) is 0.247. The quantitative estimate of drug-likeness (QED) is 0.607. The van der Waals surface area contributed by atoms with Gasteiger partial charge >= 0.3 is 0 Å². The zero-order valence-corrected chi connectivity index (χ0v) is 13.5. The van der Waals surface area contributed by atoms with Gasteiger partial charge in [0.05, 0.1) is 22.8 Å². The Hall–Kier alpha value is -1.87. The number of rotatable bonds is 4. The Morgan fingerprint density at radius 2 is 1.62 bits per heavy atom. The lowest BCUT2D eigenvalue weighted by Crippen LogP contribution is -2.04. The minimum Gasteiger partial charge on any atom is -0.260 e. The van der Waals surface area contributed by atoms with Crippen LogP contribution in [0.3, 0.4) is 0 Å². The van der Waals surface area contributed by atoms with Crippen LogP contribution in [-0.4, -0.2) is 9.78 Å². The molecule has 0 N–H and O–H groups in total. The fourth-order valence-corrected chi connectivity index (χ4v) is 2.57. The predicted molar refractivity (Wildman–Crippen MR) is 90.5 cm³/mol. The molecule has 0 spiro atoms. The van der Waals surface area contributed by atoms with Gasteiger partial charge in [0.25, 0.3) is 0 Å². The van der Waals surface area contributed by atoms with E-state index in [1.807, 2.05) is 12.1 Å². The summed E-state index contributed by atoms with van der Waals surface area (Å²) in [7, 11) is 0. The van der Waals surface area contributed by atoms with Crippen molar-refractivity contribution in [3.05, 3.63) is 78.0 Å². The highest BCUT2D eigenvalue weighted by atomic mass is 79.9. The van der Waals surface area contributed by atoms with Crippen LogP contribution in [0.4, 0.5) is 0 Å². The SMILES string of the molecule is CC(Br)c1cc(-c2ccccc2)n(Cc2ccccc2)n1. The van der Waals surface area contributed by atoms with Crippen molar-refractivity contribution in [2.45, 2.75) is 18.3 Å². The van der Waals surface area contributed by atoms with Crippen LogP contribution in [0.2, 0.25) is 0 Å². The molecule has 0 aliphatic rings. The molecule has 2 nitrogen and oxygen atoms in total. The van der Waals surface area contributed by atoms with Gasteiger partial charge in [0.1, 0.15) is 0 Å². The fourth-order valence-electron chi connectivity index (χ4n) is 2.35. The number of hydrogen-bond donors (Lipinski definition) is 0. The molecule has 0 fully saturated rings. The van der Waals surface area contributed by atoms with E-state index in [-0.39, 0.29) is 4.83 Å². The number of halogens is 1. The molecule has 1 aromatic heterocycles. The van der Waals surface area contributed by atoms with Gasteiger partial charge in [0, 0.05) is 0 Å². The maximum Gasteiger partial charge on any atom is 0.0764 e. The lowest BCUT2D eigenvalue weighted by molar-refractivity contribution is 0.680. The molecule has 0 aliphatic heterocycles. The van der Waals surface area contributed by atoms with E-state index in [2.05, 4.69) is 82.1 Å². The summed E-state index contributed by atoms with van der Waals surface area (Å²) in [5, 5.41) is 4.75. The molecule has 1 unspecified atom stereocenters. The van der Waals surface area contributed by atoms with E-state index < -0.39 is 0 Å². The first-order valence-corrected chi connectivity index (χ1v) is 7.97. The lowest BCUT2D eigenvalue weighted by Gasteiger charge is -2.07. The van der Waals surface area contributed by atoms with Gasteiger partial charge in [0.15, 0.2) is 0 Å². The van der Waals surface area contributed by atoms with Gasteiger partial charge in [-0.25, -0.2) is 0 Å². The third kappa shape index (κ3) is 3.24. The second kappa shape index (κ2) is 6.27. The number of nitrogens with zero attached hydrogens (tertiary/aromatic N) is 2. The van der Waals surface area contributed by atoms with Crippen molar-refractivity contribution < 1.29 is 0 Å². The molecule has 0 aliphatic carbocycles. The molecule has 1 heterocycles. The van der Waals surface area contributed by atoms with Gasteiger partial charge < -0.3 is 0 Å². The molecule has 3 heteroatoms. The van der Waals surface area contributed by atoms with Crippen molar-refractivity contribution in [3.63, 3.8) is 0 Å². The highest BCUT2D eigenvalue weighted by molar-refractivity contribution is 9.09. The first-order valence-electron chi connectivity index (χ1n) is 7.05. The summed E-state index contributed by atoms with van der Waals surface area (Å²) in [5.74, 6) is 0. The largest absolute Gasteiger partial charge is 0.260 e. The Labute approximate surface area is 133 Å². The van der Waals surface area contributed by atoms with Crippen LogP contribution < -0.4 is 0 Å². The molecule has 3 rings (SSSR count). The highest BCUT2D eigenvalue weighted by Gasteiger charge is 2.13. The average molecular weight is 341 g/mol.